The standard InChI is InChI=1S/C8H8ClFO/c1-5-7(10)3-6(9)4-8(5)11-2/h3-4H,1-2H3. The van der Waals surface area contributed by atoms with Crippen LogP contribution in [0.4, 0.5) is 4.39 Å². The largest absolute Gasteiger partial charge is 0.496 e. The van der Waals surface area contributed by atoms with E-state index in [1.807, 2.05) is 0 Å². The summed E-state index contributed by atoms with van der Waals surface area (Å²) in [6.07, 6.45) is 0. The summed E-state index contributed by atoms with van der Waals surface area (Å²) >= 11 is 5.58. The summed E-state index contributed by atoms with van der Waals surface area (Å²) in [4.78, 5) is 0. The fourth-order valence-corrected chi connectivity index (χ4v) is 1.03. The first kappa shape index (κ1) is 8.34. The molecule has 11 heavy (non-hydrogen) atoms. The van der Waals surface area contributed by atoms with Crippen LogP contribution in [-0.4, -0.2) is 7.11 Å². The van der Waals surface area contributed by atoms with E-state index in [-0.39, 0.29) is 5.82 Å². The van der Waals surface area contributed by atoms with Gasteiger partial charge in [-0.1, -0.05) is 11.6 Å². The van der Waals surface area contributed by atoms with E-state index in [0.717, 1.165) is 0 Å². The van der Waals surface area contributed by atoms with Crippen molar-refractivity contribution in [2.45, 2.75) is 6.92 Å². The molecule has 0 heterocycles. The van der Waals surface area contributed by atoms with Crippen LogP contribution < -0.4 is 4.74 Å². The Hall–Kier alpha value is -0.760. The molecule has 1 nitrogen and oxygen atoms in total. The van der Waals surface area contributed by atoms with Crippen molar-refractivity contribution in [1.29, 1.82) is 0 Å². The summed E-state index contributed by atoms with van der Waals surface area (Å²) in [5.41, 5.74) is 0.483. The van der Waals surface area contributed by atoms with E-state index >= 15 is 0 Å². The van der Waals surface area contributed by atoms with Crippen LogP contribution in [0.15, 0.2) is 12.1 Å². The van der Waals surface area contributed by atoms with Crippen molar-refractivity contribution < 1.29 is 9.13 Å². The van der Waals surface area contributed by atoms with E-state index in [1.54, 1.807) is 13.0 Å². The average Bonchev–Trinajstić information content (AvgIpc) is 1.96. The van der Waals surface area contributed by atoms with Crippen molar-refractivity contribution in [3.8, 4) is 5.75 Å². The highest BCUT2D eigenvalue weighted by molar-refractivity contribution is 6.30. The first-order valence-corrected chi connectivity index (χ1v) is 3.52. The van der Waals surface area contributed by atoms with E-state index in [2.05, 4.69) is 0 Å². The van der Waals surface area contributed by atoms with Crippen LogP contribution in [0.25, 0.3) is 0 Å². The van der Waals surface area contributed by atoms with Gasteiger partial charge in [0, 0.05) is 10.6 Å². The lowest BCUT2D eigenvalue weighted by molar-refractivity contribution is 0.407. The number of hydrogen-bond donors (Lipinski definition) is 0. The summed E-state index contributed by atoms with van der Waals surface area (Å²) in [7, 11) is 1.48. The van der Waals surface area contributed by atoms with Crippen molar-refractivity contribution in [2.75, 3.05) is 7.11 Å². The predicted molar refractivity (Wildman–Crippen MR) is 42.7 cm³/mol. The lowest BCUT2D eigenvalue weighted by Gasteiger charge is -2.04. The first-order chi connectivity index (χ1) is 5.15. The first-order valence-electron chi connectivity index (χ1n) is 3.15. The number of halogens is 2. The number of hydrogen-bond acceptors (Lipinski definition) is 1. The molecule has 1 rings (SSSR count). The van der Waals surface area contributed by atoms with Gasteiger partial charge in [0.1, 0.15) is 11.6 Å². The third-order valence-electron chi connectivity index (χ3n) is 1.48. The second kappa shape index (κ2) is 3.09. The van der Waals surface area contributed by atoms with Crippen LogP contribution in [0.1, 0.15) is 5.56 Å². The Bertz CT molecular complexity index is 273. The topological polar surface area (TPSA) is 9.23 Å². The van der Waals surface area contributed by atoms with Crippen LogP contribution in [0, 0.1) is 12.7 Å². The van der Waals surface area contributed by atoms with Crippen molar-refractivity contribution in [3.05, 3.63) is 28.5 Å². The molecule has 0 N–H and O–H groups in total. The van der Waals surface area contributed by atoms with Crippen molar-refractivity contribution in [1.82, 2.24) is 0 Å². The second-order valence-electron chi connectivity index (χ2n) is 2.21. The molecule has 0 unspecified atom stereocenters. The van der Waals surface area contributed by atoms with Gasteiger partial charge in [0.05, 0.1) is 7.11 Å². The van der Waals surface area contributed by atoms with Crippen molar-refractivity contribution >= 4 is 11.6 Å². The molecule has 0 atom stereocenters. The molecule has 0 bridgehead atoms. The lowest BCUT2D eigenvalue weighted by Crippen LogP contribution is -1.90. The fraction of sp³-hybridized carbons (Fsp3) is 0.250. The highest BCUT2D eigenvalue weighted by Gasteiger charge is 2.05. The van der Waals surface area contributed by atoms with Gasteiger partial charge in [-0.3, -0.25) is 0 Å². The van der Waals surface area contributed by atoms with Crippen LogP contribution in [0.3, 0.4) is 0 Å². The van der Waals surface area contributed by atoms with Crippen LogP contribution >= 0.6 is 11.6 Å². The molecule has 0 saturated carbocycles. The molecular weight excluding hydrogens is 167 g/mol. The quantitative estimate of drug-likeness (QED) is 0.636. The maximum Gasteiger partial charge on any atom is 0.131 e. The predicted octanol–water partition coefficient (Wildman–Crippen LogP) is 2.80. The van der Waals surface area contributed by atoms with Gasteiger partial charge >= 0.3 is 0 Å². The third-order valence-corrected chi connectivity index (χ3v) is 1.70. The molecule has 0 aliphatic heterocycles. The number of benzene rings is 1. The maximum absolute atomic E-state index is 12.9. The van der Waals surface area contributed by atoms with Gasteiger partial charge in [-0.2, -0.15) is 0 Å². The molecule has 60 valence electrons. The molecule has 0 aliphatic carbocycles. The Morgan fingerprint density at radius 3 is 2.64 bits per heavy atom. The minimum Gasteiger partial charge on any atom is -0.496 e. The summed E-state index contributed by atoms with van der Waals surface area (Å²) < 4.78 is 17.7. The Balaban J connectivity index is 3.24. The lowest BCUT2D eigenvalue weighted by atomic mass is 10.2. The van der Waals surface area contributed by atoms with Gasteiger partial charge in [-0.15, -0.1) is 0 Å². The molecular formula is C8H8ClFO. The smallest absolute Gasteiger partial charge is 0.131 e. The molecule has 0 saturated heterocycles. The number of methoxy groups -OCH3 is 1. The van der Waals surface area contributed by atoms with Crippen LogP contribution in [-0.2, 0) is 0 Å². The highest BCUT2D eigenvalue weighted by atomic mass is 35.5. The van der Waals surface area contributed by atoms with Gasteiger partial charge in [0.2, 0.25) is 0 Å². The molecule has 0 amide bonds. The summed E-state index contributed by atoms with van der Waals surface area (Å²) in [5.74, 6) is 0.143. The minimum absolute atomic E-state index is 0.339. The van der Waals surface area contributed by atoms with Crippen LogP contribution in [0.2, 0.25) is 5.02 Å². The maximum atomic E-state index is 12.9. The molecule has 1 aromatic carbocycles. The monoisotopic (exact) mass is 174 g/mol. The van der Waals surface area contributed by atoms with Gasteiger partial charge in [-0.25, -0.2) is 4.39 Å². The highest BCUT2D eigenvalue weighted by Crippen LogP contribution is 2.24. The van der Waals surface area contributed by atoms with E-state index in [9.17, 15) is 4.39 Å². The molecule has 0 fully saturated rings. The molecule has 0 spiro atoms. The Morgan fingerprint density at radius 1 is 1.45 bits per heavy atom. The molecule has 0 radical (unpaired) electrons. The number of rotatable bonds is 1. The normalized spacial score (nSPS) is 9.82. The zero-order chi connectivity index (χ0) is 8.43. The van der Waals surface area contributed by atoms with E-state index in [0.29, 0.717) is 16.3 Å². The Kier molecular flexibility index (Phi) is 2.35. The van der Waals surface area contributed by atoms with Crippen LogP contribution in [0.5, 0.6) is 5.75 Å². The SMILES string of the molecule is COc1cc(Cl)cc(F)c1C. The van der Waals surface area contributed by atoms with Gasteiger partial charge in [-0.05, 0) is 19.1 Å². The Morgan fingerprint density at radius 2 is 2.09 bits per heavy atom. The van der Waals surface area contributed by atoms with E-state index in [4.69, 9.17) is 16.3 Å². The van der Waals surface area contributed by atoms with Gasteiger partial charge in [0.25, 0.3) is 0 Å². The molecule has 3 heteroatoms. The summed E-state index contributed by atoms with van der Waals surface area (Å²) in [6.45, 7) is 1.64. The third kappa shape index (κ3) is 1.63. The fourth-order valence-electron chi connectivity index (χ4n) is 0.834. The van der Waals surface area contributed by atoms with E-state index < -0.39 is 0 Å². The van der Waals surface area contributed by atoms with Crippen molar-refractivity contribution in [2.24, 2.45) is 0 Å². The molecule has 1 aromatic rings. The zero-order valence-corrected chi connectivity index (χ0v) is 7.07. The summed E-state index contributed by atoms with van der Waals surface area (Å²) in [6, 6.07) is 2.85. The second-order valence-corrected chi connectivity index (χ2v) is 2.65. The average molecular weight is 175 g/mol. The van der Waals surface area contributed by atoms with Gasteiger partial charge < -0.3 is 4.74 Å². The molecule has 0 aromatic heterocycles. The Labute approximate surface area is 69.7 Å². The summed E-state index contributed by atoms with van der Waals surface area (Å²) in [5, 5.41) is 0.352. The van der Waals surface area contributed by atoms with Crippen molar-refractivity contribution in [3.63, 3.8) is 0 Å². The van der Waals surface area contributed by atoms with Gasteiger partial charge in [0.15, 0.2) is 0 Å². The van der Waals surface area contributed by atoms with E-state index in [1.165, 1.54) is 13.2 Å². The molecule has 0 aliphatic rings. The zero-order valence-electron chi connectivity index (χ0n) is 6.32. The number of ether oxygens (including phenoxy) is 1. The minimum atomic E-state index is -0.339.